The molecule has 27 heavy (non-hydrogen) atoms. The highest BCUT2D eigenvalue weighted by atomic mass is 16.3. The van der Waals surface area contributed by atoms with Crippen LogP contribution in [0.15, 0.2) is 41.3 Å². The van der Waals surface area contributed by atoms with Crippen molar-refractivity contribution in [1.82, 2.24) is 19.1 Å². The van der Waals surface area contributed by atoms with E-state index in [4.69, 9.17) is 0 Å². The maximum Gasteiger partial charge on any atom is 0.333 e. The van der Waals surface area contributed by atoms with Gasteiger partial charge in [0.15, 0.2) is 0 Å². The second-order valence-corrected chi connectivity index (χ2v) is 7.55. The molecular weight excluding hydrogens is 339 g/mol. The molecule has 0 unspecified atom stereocenters. The van der Waals surface area contributed by atoms with Crippen molar-refractivity contribution in [3.05, 3.63) is 58.4 Å². The Morgan fingerprint density at radius 1 is 1.19 bits per heavy atom. The third-order valence-electron chi connectivity index (χ3n) is 4.96. The van der Waals surface area contributed by atoms with Gasteiger partial charge >= 0.3 is 5.69 Å². The van der Waals surface area contributed by atoms with Crippen LogP contribution in [-0.4, -0.2) is 32.1 Å². The molecule has 0 bridgehead atoms. The molecule has 0 spiro atoms. The number of hydrogen-bond donors (Lipinski definition) is 1. The molecule has 4 aromatic rings. The number of nitrogens with zero attached hydrogens (tertiary/aromatic N) is 4. The Bertz CT molecular complexity index is 1270. The van der Waals surface area contributed by atoms with Gasteiger partial charge in [0.25, 0.3) is 0 Å². The maximum atomic E-state index is 13.1. The van der Waals surface area contributed by atoms with Gasteiger partial charge in [0, 0.05) is 12.4 Å². The predicted octanol–water partition coefficient (Wildman–Crippen LogP) is 1.07. The molecule has 0 fully saturated rings. The molecule has 0 saturated heterocycles. The van der Waals surface area contributed by atoms with Crippen molar-refractivity contribution in [3.63, 3.8) is 0 Å². The second-order valence-electron chi connectivity index (χ2n) is 7.55. The van der Waals surface area contributed by atoms with Gasteiger partial charge in [0.2, 0.25) is 0 Å². The maximum absolute atomic E-state index is 13.1. The van der Waals surface area contributed by atoms with Crippen LogP contribution in [0.4, 0.5) is 0 Å². The fourth-order valence-corrected chi connectivity index (χ4v) is 3.47. The first-order valence-corrected chi connectivity index (χ1v) is 8.86. The van der Waals surface area contributed by atoms with Crippen LogP contribution in [0.3, 0.4) is 0 Å². The highest BCUT2D eigenvalue weighted by Gasteiger charge is 2.21. The Morgan fingerprint density at radius 2 is 1.93 bits per heavy atom. The normalized spacial score (nSPS) is 12.2. The molecule has 1 aromatic carbocycles. The van der Waals surface area contributed by atoms with Crippen molar-refractivity contribution in [2.75, 3.05) is 0 Å². The van der Waals surface area contributed by atoms with Crippen molar-refractivity contribution in [2.45, 2.75) is 26.4 Å². The Hall–Kier alpha value is -2.93. The lowest BCUT2D eigenvalue weighted by Crippen LogP contribution is -2.23. The highest BCUT2D eigenvalue weighted by molar-refractivity contribution is 6.33. The average Bonchev–Trinajstić information content (AvgIpc) is 2.86. The van der Waals surface area contributed by atoms with Gasteiger partial charge in [-0.15, -0.1) is 0 Å². The topological polar surface area (TPSA) is 72.9 Å². The quantitative estimate of drug-likeness (QED) is 0.543. The fraction of sp³-hybridized carbons (Fsp3) is 0.250. The Morgan fingerprint density at radius 3 is 2.59 bits per heavy atom. The third-order valence-corrected chi connectivity index (χ3v) is 4.96. The van der Waals surface area contributed by atoms with Crippen LogP contribution in [0.2, 0.25) is 0 Å². The number of pyridine rings is 2. The zero-order valence-electron chi connectivity index (χ0n) is 16.1. The lowest BCUT2D eigenvalue weighted by molar-refractivity contribution is 0.0737. The van der Waals surface area contributed by atoms with Gasteiger partial charge in [-0.25, -0.2) is 4.79 Å². The lowest BCUT2D eigenvalue weighted by atomic mass is 9.94. The Labute approximate surface area is 157 Å². The first-order valence-electron chi connectivity index (χ1n) is 8.86. The molecule has 0 atom stereocenters. The van der Waals surface area contributed by atoms with Gasteiger partial charge in [0.1, 0.15) is 13.4 Å². The number of aliphatic hydroxyl groups is 1. The van der Waals surface area contributed by atoms with Crippen LogP contribution < -0.4 is 11.2 Å². The summed E-state index contributed by atoms with van der Waals surface area (Å²) in [4.78, 5) is 22.1. The van der Waals surface area contributed by atoms with Crippen LogP contribution in [0.25, 0.3) is 27.6 Å². The molecule has 4 rings (SSSR count). The molecule has 0 aliphatic carbocycles. The summed E-state index contributed by atoms with van der Waals surface area (Å²) in [6.45, 7) is 5.24. The van der Waals surface area contributed by atoms with Gasteiger partial charge in [-0.2, -0.15) is 0 Å². The first kappa shape index (κ1) is 17.5. The molecule has 0 saturated carbocycles. The Balaban J connectivity index is 2.12. The zero-order valence-corrected chi connectivity index (χ0v) is 16.1. The van der Waals surface area contributed by atoms with Crippen molar-refractivity contribution < 1.29 is 5.11 Å². The van der Waals surface area contributed by atoms with E-state index >= 15 is 0 Å². The minimum absolute atomic E-state index is 0.151. The van der Waals surface area contributed by atoms with E-state index in [2.05, 4.69) is 16.0 Å². The van der Waals surface area contributed by atoms with E-state index in [1.165, 1.54) is 0 Å². The van der Waals surface area contributed by atoms with Gasteiger partial charge in [-0.3, -0.25) is 19.1 Å². The SMILES string of the molecule is Bc1ccc2ncc3c(c2c1)n(-c1ccc(C(C)(C)O)nc1C)c(=O)n3C. The summed E-state index contributed by atoms with van der Waals surface area (Å²) < 4.78 is 3.29. The molecular formula is C20H21BN4O2. The van der Waals surface area contributed by atoms with Gasteiger partial charge in [-0.1, -0.05) is 17.6 Å². The molecule has 3 aromatic heterocycles. The minimum Gasteiger partial charge on any atom is -0.384 e. The molecule has 6 nitrogen and oxygen atoms in total. The Kier molecular flexibility index (Phi) is 3.75. The smallest absolute Gasteiger partial charge is 0.333 e. The number of fused-ring (bicyclic) bond motifs is 3. The molecule has 3 heterocycles. The van der Waals surface area contributed by atoms with E-state index in [1.54, 1.807) is 42.3 Å². The summed E-state index contributed by atoms with van der Waals surface area (Å²) in [6.07, 6.45) is 1.73. The molecule has 136 valence electrons. The predicted molar refractivity (Wildman–Crippen MR) is 110 cm³/mol. The van der Waals surface area contributed by atoms with Crippen LogP contribution >= 0.6 is 0 Å². The van der Waals surface area contributed by atoms with Crippen molar-refractivity contribution in [3.8, 4) is 5.69 Å². The number of aromatic nitrogens is 4. The average molecular weight is 360 g/mol. The number of aryl methyl sites for hydroxylation is 2. The summed E-state index contributed by atoms with van der Waals surface area (Å²) in [6, 6.07) is 9.64. The third kappa shape index (κ3) is 2.66. The highest BCUT2D eigenvalue weighted by Crippen LogP contribution is 2.26. The van der Waals surface area contributed by atoms with Crippen LogP contribution in [0.1, 0.15) is 25.2 Å². The summed E-state index contributed by atoms with van der Waals surface area (Å²) in [5, 5.41) is 11.2. The second kappa shape index (κ2) is 5.79. The first-order chi connectivity index (χ1) is 12.7. The molecule has 7 heteroatoms. The van der Waals surface area contributed by atoms with E-state index in [0.29, 0.717) is 17.1 Å². The molecule has 1 N–H and O–H groups in total. The van der Waals surface area contributed by atoms with E-state index in [9.17, 15) is 9.90 Å². The summed E-state index contributed by atoms with van der Waals surface area (Å²) in [5.41, 5.74) is 4.29. The van der Waals surface area contributed by atoms with Crippen molar-refractivity contribution >= 4 is 35.2 Å². The number of imidazole rings is 1. The summed E-state index contributed by atoms with van der Waals surface area (Å²) in [5.74, 6) is 0. The van der Waals surface area contributed by atoms with Crippen LogP contribution in [-0.2, 0) is 12.6 Å². The summed E-state index contributed by atoms with van der Waals surface area (Å²) in [7, 11) is 3.77. The van der Waals surface area contributed by atoms with E-state index in [-0.39, 0.29) is 5.69 Å². The molecule has 0 amide bonds. The van der Waals surface area contributed by atoms with Crippen molar-refractivity contribution in [2.24, 2.45) is 7.05 Å². The number of benzene rings is 1. The molecule has 0 radical (unpaired) electrons. The van der Waals surface area contributed by atoms with Crippen molar-refractivity contribution in [1.29, 1.82) is 0 Å². The van der Waals surface area contributed by atoms with E-state index < -0.39 is 5.60 Å². The number of hydrogen-bond acceptors (Lipinski definition) is 4. The zero-order chi connectivity index (χ0) is 19.5. The summed E-state index contributed by atoms with van der Waals surface area (Å²) >= 11 is 0. The van der Waals surface area contributed by atoms with E-state index in [1.807, 2.05) is 33.0 Å². The lowest BCUT2D eigenvalue weighted by Gasteiger charge is -2.18. The van der Waals surface area contributed by atoms with Gasteiger partial charge in [-0.05, 0) is 39.0 Å². The monoisotopic (exact) mass is 360 g/mol. The van der Waals surface area contributed by atoms with Crippen LogP contribution in [0, 0.1) is 6.92 Å². The molecule has 0 aliphatic rings. The minimum atomic E-state index is -1.04. The standard InChI is InChI=1S/C20H21BN4O2/c1-11-15(7-8-17(23-11)20(2,3)27)25-18-13-9-12(21)5-6-14(13)22-10-16(18)24(4)19(25)26/h5-10,27H,21H2,1-4H3. The van der Waals surface area contributed by atoms with Crippen LogP contribution in [0.5, 0.6) is 0 Å². The van der Waals surface area contributed by atoms with Gasteiger partial charge < -0.3 is 5.11 Å². The van der Waals surface area contributed by atoms with E-state index in [0.717, 1.165) is 27.4 Å². The fourth-order valence-electron chi connectivity index (χ4n) is 3.47. The largest absolute Gasteiger partial charge is 0.384 e. The molecule has 0 aliphatic heterocycles. The number of rotatable bonds is 2. The van der Waals surface area contributed by atoms with Gasteiger partial charge in [0.05, 0.1) is 39.8 Å².